The first-order valence-corrected chi connectivity index (χ1v) is 7.57. The molecule has 0 bridgehead atoms. The molecule has 1 atom stereocenters. The largest absolute Gasteiger partial charge is 0.346 e. The van der Waals surface area contributed by atoms with Crippen molar-refractivity contribution in [2.24, 2.45) is 0 Å². The summed E-state index contributed by atoms with van der Waals surface area (Å²) in [6.45, 7) is 5.68. The molecule has 3 rings (SSSR count). The molecule has 1 aromatic carbocycles. The van der Waals surface area contributed by atoms with Gasteiger partial charge in [0.05, 0.1) is 0 Å². The number of likely N-dealkylation sites (tertiary alicyclic amines) is 1. The highest BCUT2D eigenvalue weighted by atomic mass is 16.2. The van der Waals surface area contributed by atoms with Crippen molar-refractivity contribution in [2.45, 2.75) is 32.6 Å². The van der Waals surface area contributed by atoms with Gasteiger partial charge in [0, 0.05) is 36.5 Å². The molecule has 110 valence electrons. The van der Waals surface area contributed by atoms with Crippen LogP contribution < -0.4 is 0 Å². The van der Waals surface area contributed by atoms with Crippen molar-refractivity contribution in [2.75, 3.05) is 13.1 Å². The Morgan fingerprint density at radius 3 is 2.76 bits per heavy atom. The van der Waals surface area contributed by atoms with Crippen LogP contribution >= 0.6 is 0 Å². The van der Waals surface area contributed by atoms with E-state index in [4.69, 9.17) is 0 Å². The van der Waals surface area contributed by atoms with Crippen LogP contribution in [0, 0.1) is 6.92 Å². The molecule has 0 saturated carbocycles. The molecule has 2 aromatic rings. The van der Waals surface area contributed by atoms with Gasteiger partial charge in [-0.05, 0) is 37.5 Å². The summed E-state index contributed by atoms with van der Waals surface area (Å²) in [6, 6.07) is 7.95. The highest BCUT2D eigenvalue weighted by Gasteiger charge is 2.29. The number of benzene rings is 1. The number of carbonyl (C=O) groups is 1. The number of imidazole rings is 1. The van der Waals surface area contributed by atoms with Gasteiger partial charge in [0.2, 0.25) is 0 Å². The fraction of sp³-hybridized carbons (Fsp3) is 0.412. The van der Waals surface area contributed by atoms with Gasteiger partial charge in [0.25, 0.3) is 5.91 Å². The van der Waals surface area contributed by atoms with Gasteiger partial charge < -0.3 is 9.88 Å². The maximum absolute atomic E-state index is 12.5. The Hall–Kier alpha value is -2.10. The normalized spacial score (nSPS) is 18.2. The first-order chi connectivity index (χ1) is 10.2. The third-order valence-electron chi connectivity index (χ3n) is 4.19. The quantitative estimate of drug-likeness (QED) is 0.941. The maximum Gasteiger partial charge on any atom is 0.253 e. The fourth-order valence-corrected chi connectivity index (χ4v) is 2.87. The molecule has 1 aromatic heterocycles. The predicted molar refractivity (Wildman–Crippen MR) is 82.4 cm³/mol. The monoisotopic (exact) mass is 283 g/mol. The molecule has 1 aliphatic rings. The number of carbonyl (C=O) groups excluding carboxylic acids is 1. The SMILES string of the molecule is CCc1ccc(C(=O)N2CC[C@H](c3ncc(C)[nH]3)C2)cc1. The molecule has 1 aliphatic heterocycles. The zero-order valence-electron chi connectivity index (χ0n) is 12.6. The molecule has 1 N–H and O–H groups in total. The number of rotatable bonds is 3. The molecule has 1 fully saturated rings. The summed E-state index contributed by atoms with van der Waals surface area (Å²) >= 11 is 0. The predicted octanol–water partition coefficient (Wildman–Crippen LogP) is 2.91. The number of aryl methyl sites for hydroxylation is 2. The third kappa shape index (κ3) is 2.84. The van der Waals surface area contributed by atoms with E-state index in [0.717, 1.165) is 43.0 Å². The van der Waals surface area contributed by atoms with Gasteiger partial charge in [-0.25, -0.2) is 4.98 Å². The lowest BCUT2D eigenvalue weighted by molar-refractivity contribution is 0.0790. The van der Waals surface area contributed by atoms with Gasteiger partial charge in [-0.3, -0.25) is 4.79 Å². The van der Waals surface area contributed by atoms with E-state index >= 15 is 0 Å². The zero-order chi connectivity index (χ0) is 14.8. The molecule has 21 heavy (non-hydrogen) atoms. The van der Waals surface area contributed by atoms with Crippen molar-refractivity contribution >= 4 is 5.91 Å². The van der Waals surface area contributed by atoms with Gasteiger partial charge in [-0.1, -0.05) is 19.1 Å². The Labute approximate surface area is 125 Å². The Bertz CT molecular complexity index is 630. The first kappa shape index (κ1) is 13.9. The van der Waals surface area contributed by atoms with Gasteiger partial charge in [-0.2, -0.15) is 0 Å². The highest BCUT2D eigenvalue weighted by Crippen LogP contribution is 2.26. The molecule has 0 spiro atoms. The van der Waals surface area contributed by atoms with E-state index in [1.165, 1.54) is 5.56 Å². The molecular formula is C17H21N3O. The first-order valence-electron chi connectivity index (χ1n) is 7.57. The minimum Gasteiger partial charge on any atom is -0.346 e. The van der Waals surface area contributed by atoms with Crippen LogP contribution in [0.25, 0.3) is 0 Å². The Morgan fingerprint density at radius 1 is 1.38 bits per heavy atom. The number of aromatic amines is 1. The van der Waals surface area contributed by atoms with E-state index in [2.05, 4.69) is 16.9 Å². The third-order valence-corrected chi connectivity index (χ3v) is 4.19. The van der Waals surface area contributed by atoms with Crippen molar-refractivity contribution in [1.29, 1.82) is 0 Å². The minimum atomic E-state index is 0.128. The molecule has 0 unspecified atom stereocenters. The summed E-state index contributed by atoms with van der Waals surface area (Å²) in [7, 11) is 0. The second kappa shape index (κ2) is 5.72. The number of nitrogens with zero attached hydrogens (tertiary/aromatic N) is 2. The molecule has 4 nitrogen and oxygen atoms in total. The van der Waals surface area contributed by atoms with Crippen LogP contribution in [0.4, 0.5) is 0 Å². The molecule has 4 heteroatoms. The molecule has 0 radical (unpaired) electrons. The molecule has 1 amide bonds. The van der Waals surface area contributed by atoms with Crippen LogP contribution in [0.15, 0.2) is 30.5 Å². The van der Waals surface area contributed by atoms with Crippen LogP contribution in [0.3, 0.4) is 0 Å². The fourth-order valence-electron chi connectivity index (χ4n) is 2.87. The Morgan fingerprint density at radius 2 is 2.14 bits per heavy atom. The average molecular weight is 283 g/mol. The van der Waals surface area contributed by atoms with E-state index in [9.17, 15) is 4.79 Å². The van der Waals surface area contributed by atoms with Gasteiger partial charge in [0.1, 0.15) is 5.82 Å². The summed E-state index contributed by atoms with van der Waals surface area (Å²) < 4.78 is 0. The van der Waals surface area contributed by atoms with E-state index < -0.39 is 0 Å². The summed E-state index contributed by atoms with van der Waals surface area (Å²) in [5.41, 5.74) is 3.12. The van der Waals surface area contributed by atoms with Crippen LogP contribution in [0.1, 0.15) is 46.7 Å². The van der Waals surface area contributed by atoms with Gasteiger partial charge in [-0.15, -0.1) is 0 Å². The van der Waals surface area contributed by atoms with Crippen LogP contribution in [0.2, 0.25) is 0 Å². The van der Waals surface area contributed by atoms with Gasteiger partial charge in [0.15, 0.2) is 0 Å². The molecule has 1 saturated heterocycles. The van der Waals surface area contributed by atoms with Crippen LogP contribution in [-0.4, -0.2) is 33.9 Å². The number of H-pyrrole nitrogens is 1. The summed E-state index contributed by atoms with van der Waals surface area (Å²) in [6.07, 6.45) is 3.83. The van der Waals surface area contributed by atoms with Gasteiger partial charge >= 0.3 is 0 Å². The maximum atomic E-state index is 12.5. The van der Waals surface area contributed by atoms with E-state index in [-0.39, 0.29) is 5.91 Å². The number of nitrogens with one attached hydrogen (secondary N) is 1. The molecule has 2 heterocycles. The van der Waals surface area contributed by atoms with E-state index in [1.54, 1.807) is 0 Å². The smallest absolute Gasteiger partial charge is 0.253 e. The highest BCUT2D eigenvalue weighted by molar-refractivity contribution is 5.94. The lowest BCUT2D eigenvalue weighted by Gasteiger charge is -2.16. The van der Waals surface area contributed by atoms with Crippen LogP contribution in [0.5, 0.6) is 0 Å². The van der Waals surface area contributed by atoms with Crippen molar-refractivity contribution in [3.63, 3.8) is 0 Å². The zero-order valence-corrected chi connectivity index (χ0v) is 12.6. The lowest BCUT2D eigenvalue weighted by atomic mass is 10.1. The summed E-state index contributed by atoms with van der Waals surface area (Å²) in [5, 5.41) is 0. The topological polar surface area (TPSA) is 49.0 Å². The standard InChI is InChI=1S/C17H21N3O/c1-3-13-4-6-14(7-5-13)17(21)20-9-8-15(11-20)16-18-10-12(2)19-16/h4-7,10,15H,3,8-9,11H2,1-2H3,(H,18,19)/t15-/m0/s1. The van der Waals surface area contributed by atoms with E-state index in [0.29, 0.717) is 5.92 Å². The number of amides is 1. The van der Waals surface area contributed by atoms with Crippen molar-refractivity contribution < 1.29 is 4.79 Å². The van der Waals surface area contributed by atoms with Crippen molar-refractivity contribution in [3.05, 3.63) is 53.1 Å². The van der Waals surface area contributed by atoms with Crippen molar-refractivity contribution in [1.82, 2.24) is 14.9 Å². The summed E-state index contributed by atoms with van der Waals surface area (Å²) in [5.74, 6) is 1.46. The summed E-state index contributed by atoms with van der Waals surface area (Å²) in [4.78, 5) is 22.1. The number of hydrogen-bond acceptors (Lipinski definition) is 2. The molecular weight excluding hydrogens is 262 g/mol. The average Bonchev–Trinajstić information content (AvgIpc) is 3.15. The molecule has 0 aliphatic carbocycles. The number of aromatic nitrogens is 2. The second-order valence-electron chi connectivity index (χ2n) is 5.74. The number of hydrogen-bond donors (Lipinski definition) is 1. The second-order valence-corrected chi connectivity index (χ2v) is 5.74. The Kier molecular flexibility index (Phi) is 3.78. The lowest BCUT2D eigenvalue weighted by Crippen LogP contribution is -2.28. The van der Waals surface area contributed by atoms with Crippen LogP contribution in [-0.2, 0) is 6.42 Å². The Balaban J connectivity index is 1.68. The minimum absolute atomic E-state index is 0.128. The van der Waals surface area contributed by atoms with E-state index in [1.807, 2.05) is 42.3 Å². The van der Waals surface area contributed by atoms with Crippen molar-refractivity contribution in [3.8, 4) is 0 Å².